The number of nitrogens with zero attached hydrogens (tertiary/aromatic N) is 3. The van der Waals surface area contributed by atoms with Crippen LogP contribution in [0.5, 0.6) is 0 Å². The molecule has 2 aromatic heterocycles. The highest BCUT2D eigenvalue weighted by Crippen LogP contribution is 2.31. The molecule has 4 N–H and O–H groups in total. The number of pyridine rings is 1. The largest absolute Gasteiger partial charge is 0.390 e. The topological polar surface area (TPSA) is 148 Å². The van der Waals surface area contributed by atoms with Crippen molar-refractivity contribution in [1.82, 2.24) is 19.9 Å². The van der Waals surface area contributed by atoms with Crippen molar-refractivity contribution in [3.63, 3.8) is 0 Å². The quantitative estimate of drug-likeness (QED) is 0.236. The summed E-state index contributed by atoms with van der Waals surface area (Å²) in [6.07, 6.45) is 0.148. The fourth-order valence-electron chi connectivity index (χ4n) is 4.25. The Labute approximate surface area is 235 Å². The number of ether oxygens (including phenoxy) is 2. The second-order valence-corrected chi connectivity index (χ2v) is 11.5. The molecule has 0 saturated carbocycles. The summed E-state index contributed by atoms with van der Waals surface area (Å²) < 4.78 is 13.2. The first-order chi connectivity index (χ1) is 18.7. The Kier molecular flexibility index (Phi) is 10.2. The maximum Gasteiger partial charge on any atom is 0.247 e. The molecule has 2 atom stereocenters. The van der Waals surface area contributed by atoms with E-state index in [9.17, 15) is 19.8 Å². The van der Waals surface area contributed by atoms with E-state index in [0.29, 0.717) is 36.5 Å². The summed E-state index contributed by atoms with van der Waals surface area (Å²) >= 11 is 0. The molecule has 2 amide bonds. The lowest BCUT2D eigenvalue weighted by molar-refractivity contribution is -0.128. The number of hydrogen-bond acceptors (Lipinski definition) is 8. The first-order valence-electron chi connectivity index (χ1n) is 13.7. The average Bonchev–Trinajstić information content (AvgIpc) is 3.18. The Morgan fingerprint density at radius 1 is 1.07 bits per heavy atom. The van der Waals surface area contributed by atoms with Gasteiger partial charge in [-0.15, -0.1) is 0 Å². The van der Waals surface area contributed by atoms with Gasteiger partial charge in [0.05, 0.1) is 41.3 Å². The van der Waals surface area contributed by atoms with Gasteiger partial charge >= 0.3 is 0 Å². The Hall–Kier alpha value is -3.12. The van der Waals surface area contributed by atoms with Crippen molar-refractivity contribution in [1.29, 1.82) is 0 Å². The minimum absolute atomic E-state index is 0.0735. The summed E-state index contributed by atoms with van der Waals surface area (Å²) in [7, 11) is 0. The van der Waals surface area contributed by atoms with Crippen LogP contribution in [-0.4, -0.2) is 73.1 Å². The van der Waals surface area contributed by atoms with Crippen LogP contribution >= 0.6 is 0 Å². The molecule has 1 unspecified atom stereocenters. The van der Waals surface area contributed by atoms with Crippen LogP contribution in [0.15, 0.2) is 24.3 Å². The van der Waals surface area contributed by atoms with Crippen LogP contribution in [0, 0.1) is 0 Å². The molecule has 11 nitrogen and oxygen atoms in total. The maximum atomic E-state index is 13.2. The van der Waals surface area contributed by atoms with Gasteiger partial charge in [-0.25, -0.2) is 9.97 Å². The molecule has 0 aliphatic carbocycles. The Morgan fingerprint density at radius 3 is 2.42 bits per heavy atom. The highest BCUT2D eigenvalue weighted by Gasteiger charge is 2.25. The highest BCUT2D eigenvalue weighted by atomic mass is 16.5. The number of nitrogens with one attached hydrogen (secondary N) is 2. The van der Waals surface area contributed by atoms with Gasteiger partial charge in [-0.05, 0) is 61.0 Å². The van der Waals surface area contributed by atoms with Crippen LogP contribution in [0.3, 0.4) is 0 Å². The fraction of sp³-hybridized carbons (Fsp3) is 0.586. The van der Waals surface area contributed by atoms with E-state index in [1.54, 1.807) is 41.5 Å². The van der Waals surface area contributed by atoms with Gasteiger partial charge in [0.1, 0.15) is 24.0 Å². The second-order valence-electron chi connectivity index (χ2n) is 11.5. The van der Waals surface area contributed by atoms with Crippen LogP contribution in [0.2, 0.25) is 0 Å². The number of imidazole rings is 1. The number of aliphatic hydroxyl groups is 2. The second kappa shape index (κ2) is 13.0. The Morgan fingerprint density at radius 2 is 1.77 bits per heavy atom. The first-order valence-corrected chi connectivity index (χ1v) is 13.7. The number of hydrogen-bond donors (Lipinski definition) is 4. The molecule has 0 fully saturated rings. The summed E-state index contributed by atoms with van der Waals surface area (Å²) in [6.45, 7) is 13.4. The van der Waals surface area contributed by atoms with Crippen molar-refractivity contribution < 1.29 is 29.3 Å². The van der Waals surface area contributed by atoms with Crippen LogP contribution in [0.1, 0.15) is 67.1 Å². The molecule has 0 aliphatic heterocycles. The first kappa shape index (κ1) is 31.4. The lowest BCUT2D eigenvalue weighted by Crippen LogP contribution is -2.42. The predicted molar refractivity (Wildman–Crippen MR) is 154 cm³/mol. The van der Waals surface area contributed by atoms with Gasteiger partial charge in [-0.1, -0.05) is 18.2 Å². The fourth-order valence-corrected chi connectivity index (χ4v) is 4.25. The zero-order chi connectivity index (χ0) is 29.7. The minimum Gasteiger partial charge on any atom is -0.390 e. The number of benzene rings is 1. The number of aromatic nitrogens is 3. The molecule has 0 bridgehead atoms. The maximum absolute atomic E-state index is 13.2. The van der Waals surface area contributed by atoms with Crippen molar-refractivity contribution in [2.24, 2.45) is 0 Å². The van der Waals surface area contributed by atoms with Gasteiger partial charge in [-0.3, -0.25) is 9.59 Å². The molecule has 220 valence electrons. The van der Waals surface area contributed by atoms with E-state index in [-0.39, 0.29) is 37.4 Å². The molecule has 0 aliphatic rings. The zero-order valence-corrected chi connectivity index (χ0v) is 24.6. The number of carbonyl (C=O) groups excluding carboxylic acids is 2. The van der Waals surface area contributed by atoms with Crippen molar-refractivity contribution in [3.8, 4) is 0 Å². The molecule has 11 heteroatoms. The minimum atomic E-state index is -1.03. The number of rotatable bonds is 14. The number of anilines is 1. The van der Waals surface area contributed by atoms with E-state index in [4.69, 9.17) is 14.5 Å². The van der Waals surface area contributed by atoms with Crippen molar-refractivity contribution >= 4 is 39.6 Å². The van der Waals surface area contributed by atoms with Gasteiger partial charge in [-0.2, -0.15) is 0 Å². The summed E-state index contributed by atoms with van der Waals surface area (Å²) in [5.41, 5.74) is -0.0233. The molecular formula is C29H43N5O6. The van der Waals surface area contributed by atoms with Gasteiger partial charge < -0.3 is 34.9 Å². The Balaban J connectivity index is 1.83. The monoisotopic (exact) mass is 557 g/mol. The third-order valence-corrected chi connectivity index (χ3v) is 6.24. The van der Waals surface area contributed by atoms with Crippen LogP contribution < -0.4 is 10.6 Å². The van der Waals surface area contributed by atoms with Crippen LogP contribution in [0.25, 0.3) is 21.9 Å². The Bertz CT molecular complexity index is 1320. The van der Waals surface area contributed by atoms with Gasteiger partial charge in [0.2, 0.25) is 11.8 Å². The predicted octanol–water partition coefficient (Wildman–Crippen LogP) is 3.29. The van der Waals surface area contributed by atoms with E-state index in [0.717, 1.165) is 10.9 Å². The van der Waals surface area contributed by atoms with Gasteiger partial charge in [0, 0.05) is 18.6 Å². The third kappa shape index (κ3) is 8.69. The molecule has 0 saturated heterocycles. The van der Waals surface area contributed by atoms with Crippen LogP contribution in [0.4, 0.5) is 5.82 Å². The highest BCUT2D eigenvalue weighted by molar-refractivity contribution is 6.10. The number of fused-ring (bicyclic) bond motifs is 3. The molecular weight excluding hydrogens is 514 g/mol. The van der Waals surface area contributed by atoms with Crippen LogP contribution in [-0.2, 0) is 32.2 Å². The lowest BCUT2D eigenvalue weighted by atomic mass is 10.1. The number of carbonyl (C=O) groups is 2. The molecule has 40 heavy (non-hydrogen) atoms. The summed E-state index contributed by atoms with van der Waals surface area (Å²) in [6, 6.07) is 6.69. The zero-order valence-electron chi connectivity index (χ0n) is 24.6. The van der Waals surface area contributed by atoms with Gasteiger partial charge in [0.25, 0.3) is 0 Å². The average molecular weight is 558 g/mol. The van der Waals surface area contributed by atoms with Gasteiger partial charge in [0.15, 0.2) is 5.82 Å². The SMILES string of the molecule is CCOCc1nc2c(NC(=O)[C@H](C)NC(=O)CC(C)OCCC(C)(C)O)nc3ccccc3c2n1CC(C)(C)O. The van der Waals surface area contributed by atoms with E-state index < -0.39 is 23.2 Å². The number of para-hydroxylation sites is 1. The molecule has 2 heterocycles. The lowest BCUT2D eigenvalue weighted by Gasteiger charge is -2.21. The summed E-state index contributed by atoms with van der Waals surface area (Å²) in [5.74, 6) is 0.0859. The standard InChI is InChI=1S/C29H43N5O6/c1-8-39-16-22-32-24-25(34(22)17-29(6,7)38)20-11-9-10-12-21(20)31-26(24)33-27(36)19(3)30-23(35)15-18(2)40-14-13-28(4,5)37/h9-12,18-19,37-38H,8,13-17H2,1-7H3,(H,30,35)(H,31,33,36)/t18?,19-/m0/s1. The molecule has 0 spiro atoms. The summed E-state index contributed by atoms with van der Waals surface area (Å²) in [5, 5.41) is 26.8. The number of amides is 2. The molecule has 3 rings (SSSR count). The van der Waals surface area contributed by atoms with E-state index >= 15 is 0 Å². The van der Waals surface area contributed by atoms with E-state index in [2.05, 4.69) is 15.6 Å². The molecule has 1 aromatic carbocycles. The van der Waals surface area contributed by atoms with Crippen molar-refractivity contribution in [3.05, 3.63) is 30.1 Å². The van der Waals surface area contributed by atoms with Crippen molar-refractivity contribution in [2.75, 3.05) is 18.5 Å². The smallest absolute Gasteiger partial charge is 0.247 e. The summed E-state index contributed by atoms with van der Waals surface area (Å²) in [4.78, 5) is 35.2. The van der Waals surface area contributed by atoms with E-state index in [1.807, 2.05) is 35.8 Å². The third-order valence-electron chi connectivity index (χ3n) is 6.24. The van der Waals surface area contributed by atoms with Crippen molar-refractivity contribution in [2.45, 2.75) is 97.8 Å². The normalized spacial score (nSPS) is 13.9. The molecule has 3 aromatic rings. The van der Waals surface area contributed by atoms with E-state index in [1.165, 1.54) is 0 Å². The molecule has 0 radical (unpaired) electrons.